The zero-order valence-corrected chi connectivity index (χ0v) is 15.4. The second-order valence-electron chi connectivity index (χ2n) is 5.75. The lowest BCUT2D eigenvalue weighted by molar-refractivity contribution is -0.115. The molecule has 1 amide bonds. The first-order valence-electron chi connectivity index (χ1n) is 8.01. The van der Waals surface area contributed by atoms with Gasteiger partial charge in [0.15, 0.2) is 0 Å². The van der Waals surface area contributed by atoms with Crippen molar-refractivity contribution in [3.63, 3.8) is 0 Å². The van der Waals surface area contributed by atoms with Gasteiger partial charge < -0.3 is 5.32 Å². The highest BCUT2D eigenvalue weighted by Crippen LogP contribution is 2.26. The van der Waals surface area contributed by atoms with E-state index in [1.807, 2.05) is 48.7 Å². The molecule has 3 nitrogen and oxygen atoms in total. The minimum atomic E-state index is -0.0806. The van der Waals surface area contributed by atoms with Crippen molar-refractivity contribution in [2.75, 3.05) is 11.9 Å². The van der Waals surface area contributed by atoms with Crippen LogP contribution < -0.4 is 10.6 Å². The number of rotatable bonds is 6. The average molecular weight is 371 g/mol. The van der Waals surface area contributed by atoms with Crippen molar-refractivity contribution < 1.29 is 4.79 Å². The molecule has 2 aromatic carbocycles. The first-order valence-corrected chi connectivity index (χ1v) is 9.27. The highest BCUT2D eigenvalue weighted by atomic mass is 35.5. The summed E-state index contributed by atoms with van der Waals surface area (Å²) in [5, 5.41) is 9.00. The molecule has 128 valence electrons. The minimum Gasteiger partial charge on any atom is -0.325 e. The first kappa shape index (κ1) is 17.7. The van der Waals surface area contributed by atoms with Gasteiger partial charge in [-0.25, -0.2) is 0 Å². The van der Waals surface area contributed by atoms with Crippen molar-refractivity contribution >= 4 is 34.5 Å². The molecular formula is C20H19ClN2OS. The fraction of sp³-hybridized carbons (Fsp3) is 0.150. The maximum Gasteiger partial charge on any atom is 0.238 e. The molecule has 0 aliphatic heterocycles. The Kier molecular flexibility index (Phi) is 5.87. The molecule has 0 fully saturated rings. The van der Waals surface area contributed by atoms with Crippen molar-refractivity contribution in [1.82, 2.24) is 5.32 Å². The van der Waals surface area contributed by atoms with E-state index in [4.69, 9.17) is 11.6 Å². The number of halogens is 1. The number of thiophene rings is 1. The second kappa shape index (κ2) is 8.30. The van der Waals surface area contributed by atoms with Crippen LogP contribution in [-0.2, 0) is 4.79 Å². The molecule has 0 aliphatic rings. The summed E-state index contributed by atoms with van der Waals surface area (Å²) in [6, 6.07) is 19.7. The van der Waals surface area contributed by atoms with E-state index in [2.05, 4.69) is 28.8 Å². The molecule has 3 aromatic rings. The van der Waals surface area contributed by atoms with Crippen LogP contribution in [0.5, 0.6) is 0 Å². The van der Waals surface area contributed by atoms with Crippen molar-refractivity contribution in [1.29, 1.82) is 0 Å². The molecule has 0 bridgehead atoms. The Bertz CT molecular complexity index is 834. The van der Waals surface area contributed by atoms with Crippen LogP contribution in [0.25, 0.3) is 0 Å². The zero-order chi connectivity index (χ0) is 17.6. The van der Waals surface area contributed by atoms with Crippen LogP contribution in [0, 0.1) is 6.92 Å². The van der Waals surface area contributed by atoms with Crippen LogP contribution in [0.4, 0.5) is 5.69 Å². The third kappa shape index (κ3) is 4.69. The van der Waals surface area contributed by atoms with Gasteiger partial charge in [-0.3, -0.25) is 10.1 Å². The van der Waals surface area contributed by atoms with E-state index in [-0.39, 0.29) is 18.5 Å². The molecule has 0 saturated carbocycles. The van der Waals surface area contributed by atoms with Gasteiger partial charge in [0.25, 0.3) is 0 Å². The van der Waals surface area contributed by atoms with Gasteiger partial charge in [-0.1, -0.05) is 48.0 Å². The van der Waals surface area contributed by atoms with E-state index in [1.54, 1.807) is 17.4 Å². The van der Waals surface area contributed by atoms with E-state index in [0.717, 1.165) is 16.8 Å². The van der Waals surface area contributed by atoms with Crippen molar-refractivity contribution in [3.05, 3.63) is 87.1 Å². The van der Waals surface area contributed by atoms with E-state index in [1.165, 1.54) is 4.88 Å². The van der Waals surface area contributed by atoms with Crippen LogP contribution in [0.1, 0.15) is 22.0 Å². The highest BCUT2D eigenvalue weighted by Gasteiger charge is 2.16. The Labute approximate surface area is 156 Å². The normalized spacial score (nSPS) is 11.9. The largest absolute Gasteiger partial charge is 0.325 e. The lowest BCUT2D eigenvalue weighted by Crippen LogP contribution is -2.31. The van der Waals surface area contributed by atoms with Crippen LogP contribution in [0.15, 0.2) is 66.0 Å². The van der Waals surface area contributed by atoms with E-state index >= 15 is 0 Å². The summed E-state index contributed by atoms with van der Waals surface area (Å²) < 4.78 is 0. The van der Waals surface area contributed by atoms with E-state index in [9.17, 15) is 4.79 Å². The molecule has 1 aromatic heterocycles. The fourth-order valence-corrected chi connectivity index (χ4v) is 3.69. The van der Waals surface area contributed by atoms with Gasteiger partial charge in [0.1, 0.15) is 0 Å². The molecule has 1 heterocycles. The van der Waals surface area contributed by atoms with Gasteiger partial charge in [0, 0.05) is 15.6 Å². The number of hydrogen-bond acceptors (Lipinski definition) is 3. The summed E-state index contributed by atoms with van der Waals surface area (Å²) in [5.41, 5.74) is 2.86. The second-order valence-corrected chi connectivity index (χ2v) is 7.16. The molecule has 0 spiro atoms. The molecule has 1 atom stereocenters. The molecule has 0 saturated heterocycles. The van der Waals surface area contributed by atoms with Crippen molar-refractivity contribution in [2.24, 2.45) is 0 Å². The Morgan fingerprint density at radius 1 is 1.12 bits per heavy atom. The number of hydrogen-bond donors (Lipinski definition) is 2. The van der Waals surface area contributed by atoms with E-state index < -0.39 is 0 Å². The van der Waals surface area contributed by atoms with Gasteiger partial charge >= 0.3 is 0 Å². The lowest BCUT2D eigenvalue weighted by atomic mass is 10.1. The molecule has 2 N–H and O–H groups in total. The lowest BCUT2D eigenvalue weighted by Gasteiger charge is -2.18. The first-order chi connectivity index (χ1) is 12.1. The summed E-state index contributed by atoms with van der Waals surface area (Å²) in [7, 11) is 0. The molecule has 0 unspecified atom stereocenters. The summed E-state index contributed by atoms with van der Waals surface area (Å²) in [6.45, 7) is 2.15. The molecule has 25 heavy (non-hydrogen) atoms. The van der Waals surface area contributed by atoms with Gasteiger partial charge in [-0.15, -0.1) is 11.3 Å². The monoisotopic (exact) mass is 370 g/mol. The topological polar surface area (TPSA) is 41.1 Å². The maximum absolute atomic E-state index is 12.4. The molecule has 5 heteroatoms. The number of benzene rings is 2. The molecule has 3 rings (SSSR count). The zero-order valence-electron chi connectivity index (χ0n) is 13.8. The van der Waals surface area contributed by atoms with Gasteiger partial charge in [0.2, 0.25) is 5.91 Å². The SMILES string of the molecule is Cc1cc(Cl)ccc1NC(=O)CN[C@@H](c1ccccc1)c1cccs1. The molecular weight excluding hydrogens is 352 g/mol. The average Bonchev–Trinajstić information content (AvgIpc) is 3.13. The fourth-order valence-electron chi connectivity index (χ4n) is 2.64. The smallest absolute Gasteiger partial charge is 0.238 e. The summed E-state index contributed by atoms with van der Waals surface area (Å²) in [6.07, 6.45) is 0. The standard InChI is InChI=1S/C20H19ClN2OS/c1-14-12-16(21)9-10-17(14)23-19(24)13-22-20(18-8-5-11-25-18)15-6-3-2-4-7-15/h2-12,20,22H,13H2,1H3,(H,23,24)/t20-/m0/s1. The van der Waals surface area contributed by atoms with Gasteiger partial charge in [0.05, 0.1) is 12.6 Å². The number of anilines is 1. The highest BCUT2D eigenvalue weighted by molar-refractivity contribution is 7.10. The van der Waals surface area contributed by atoms with Crippen LogP contribution in [0.3, 0.4) is 0 Å². The third-order valence-corrected chi connectivity index (χ3v) is 5.06. The van der Waals surface area contributed by atoms with E-state index in [0.29, 0.717) is 5.02 Å². The summed E-state index contributed by atoms with van der Waals surface area (Å²) in [5.74, 6) is -0.0806. The minimum absolute atomic E-state index is 0.00161. The number of aryl methyl sites for hydroxylation is 1. The maximum atomic E-state index is 12.4. The Hall–Kier alpha value is -2.14. The number of amides is 1. The van der Waals surface area contributed by atoms with Crippen LogP contribution >= 0.6 is 22.9 Å². The van der Waals surface area contributed by atoms with Gasteiger partial charge in [-0.2, -0.15) is 0 Å². The van der Waals surface area contributed by atoms with Crippen LogP contribution in [0.2, 0.25) is 5.02 Å². The number of nitrogens with one attached hydrogen (secondary N) is 2. The molecule has 0 radical (unpaired) electrons. The van der Waals surface area contributed by atoms with Crippen molar-refractivity contribution in [2.45, 2.75) is 13.0 Å². The predicted octanol–water partition coefficient (Wildman–Crippen LogP) is 5.03. The number of carbonyl (C=O) groups is 1. The Morgan fingerprint density at radius 3 is 2.60 bits per heavy atom. The van der Waals surface area contributed by atoms with Gasteiger partial charge in [-0.05, 0) is 47.7 Å². The summed E-state index contributed by atoms with van der Waals surface area (Å²) in [4.78, 5) is 13.5. The Morgan fingerprint density at radius 2 is 1.92 bits per heavy atom. The number of carbonyl (C=O) groups excluding carboxylic acids is 1. The predicted molar refractivity (Wildman–Crippen MR) is 105 cm³/mol. The molecule has 0 aliphatic carbocycles. The quantitative estimate of drug-likeness (QED) is 0.639. The summed E-state index contributed by atoms with van der Waals surface area (Å²) >= 11 is 7.63. The third-order valence-electron chi connectivity index (χ3n) is 3.89. The van der Waals surface area contributed by atoms with Crippen LogP contribution in [-0.4, -0.2) is 12.5 Å². The van der Waals surface area contributed by atoms with Crippen molar-refractivity contribution in [3.8, 4) is 0 Å². The Balaban J connectivity index is 1.68.